The molecule has 0 aromatic carbocycles. The Morgan fingerprint density at radius 2 is 2.10 bits per heavy atom. The Morgan fingerprint density at radius 1 is 1.15 bits per heavy atom. The van der Waals surface area contributed by atoms with E-state index >= 15 is 0 Å². The molecule has 1 N–H and O–H groups in total. The molecule has 0 aliphatic carbocycles. The van der Waals surface area contributed by atoms with E-state index in [0.717, 1.165) is 29.6 Å². The number of rotatable bonds is 6. The predicted molar refractivity (Wildman–Crippen MR) is 87.0 cm³/mol. The lowest BCUT2D eigenvalue weighted by Crippen LogP contribution is -2.27. The molecule has 0 unspecified atom stereocenters. The maximum atomic E-state index is 12.2. The average Bonchev–Trinajstić information content (AvgIpc) is 3.11. The van der Waals surface area contributed by atoms with Crippen LogP contribution in [0.25, 0.3) is 10.1 Å². The summed E-state index contributed by atoms with van der Waals surface area (Å²) in [6.07, 6.45) is 2.93. The van der Waals surface area contributed by atoms with Crippen LogP contribution in [0.1, 0.15) is 5.56 Å². The second kappa shape index (κ2) is 6.35. The van der Waals surface area contributed by atoms with Crippen molar-refractivity contribution >= 4 is 32.8 Å². The van der Waals surface area contributed by atoms with E-state index in [1.54, 1.807) is 27.2 Å². The molecule has 0 amide bonds. The Kier molecular flexibility index (Phi) is 4.30. The summed E-state index contributed by atoms with van der Waals surface area (Å²) in [5, 5.41) is 10.5. The number of fused-ring (bicyclic) bond motifs is 1. The molecule has 0 atom stereocenters. The van der Waals surface area contributed by atoms with E-state index in [2.05, 4.69) is 22.1 Å². The van der Waals surface area contributed by atoms with Crippen molar-refractivity contribution in [3.8, 4) is 0 Å². The van der Waals surface area contributed by atoms with Crippen molar-refractivity contribution in [2.45, 2.75) is 13.0 Å². The van der Waals surface area contributed by atoms with E-state index in [0.29, 0.717) is 6.54 Å². The van der Waals surface area contributed by atoms with Crippen molar-refractivity contribution in [1.29, 1.82) is 0 Å². The Labute approximate surface area is 125 Å². The minimum absolute atomic E-state index is 0.114. The molecular formula is C15H16N2OS2. The van der Waals surface area contributed by atoms with Crippen molar-refractivity contribution in [2.24, 2.45) is 0 Å². The van der Waals surface area contributed by atoms with Gasteiger partial charge in [0.15, 0.2) is 0 Å². The SMILES string of the molecule is O=c1c2ccsc2ccn1CCNCCc1ccsc1. The largest absolute Gasteiger partial charge is 0.315 e. The van der Waals surface area contributed by atoms with Gasteiger partial charge in [-0.15, -0.1) is 11.3 Å². The fourth-order valence-electron chi connectivity index (χ4n) is 2.18. The minimum atomic E-state index is 0.114. The Balaban J connectivity index is 1.52. The first-order chi connectivity index (χ1) is 9.84. The van der Waals surface area contributed by atoms with E-state index in [1.807, 2.05) is 23.7 Å². The van der Waals surface area contributed by atoms with Crippen LogP contribution >= 0.6 is 22.7 Å². The fourth-order valence-corrected chi connectivity index (χ4v) is 3.65. The molecule has 5 heteroatoms. The molecule has 0 saturated heterocycles. The van der Waals surface area contributed by atoms with Gasteiger partial charge in [0.2, 0.25) is 0 Å². The quantitative estimate of drug-likeness (QED) is 0.710. The average molecular weight is 304 g/mol. The normalized spacial score (nSPS) is 11.2. The van der Waals surface area contributed by atoms with Crippen molar-refractivity contribution in [1.82, 2.24) is 9.88 Å². The fraction of sp³-hybridized carbons (Fsp3) is 0.267. The lowest BCUT2D eigenvalue weighted by atomic mass is 10.2. The first-order valence-corrected chi connectivity index (χ1v) is 8.45. The molecule has 3 aromatic rings. The molecule has 3 heterocycles. The third-order valence-corrected chi connectivity index (χ3v) is 4.91. The van der Waals surface area contributed by atoms with Crippen LogP contribution in [0.5, 0.6) is 0 Å². The molecule has 0 spiro atoms. The first kappa shape index (κ1) is 13.5. The topological polar surface area (TPSA) is 34.0 Å². The molecule has 0 fully saturated rings. The summed E-state index contributed by atoms with van der Waals surface area (Å²) in [6, 6.07) is 6.08. The highest BCUT2D eigenvalue weighted by Gasteiger charge is 2.03. The van der Waals surface area contributed by atoms with E-state index in [9.17, 15) is 4.79 Å². The minimum Gasteiger partial charge on any atom is -0.315 e. The van der Waals surface area contributed by atoms with Crippen molar-refractivity contribution in [3.63, 3.8) is 0 Å². The number of thiophene rings is 2. The number of nitrogens with zero attached hydrogens (tertiary/aromatic N) is 1. The predicted octanol–water partition coefficient (Wildman–Crippen LogP) is 2.96. The molecule has 0 bridgehead atoms. The van der Waals surface area contributed by atoms with Crippen LogP contribution in [-0.2, 0) is 13.0 Å². The highest BCUT2D eigenvalue weighted by atomic mass is 32.1. The van der Waals surface area contributed by atoms with Gasteiger partial charge in [-0.3, -0.25) is 4.79 Å². The van der Waals surface area contributed by atoms with Gasteiger partial charge in [0.25, 0.3) is 5.56 Å². The van der Waals surface area contributed by atoms with Crippen LogP contribution in [0.3, 0.4) is 0 Å². The van der Waals surface area contributed by atoms with Gasteiger partial charge in [-0.25, -0.2) is 0 Å². The molecule has 0 aliphatic rings. The summed E-state index contributed by atoms with van der Waals surface area (Å²) < 4.78 is 2.85. The Hall–Kier alpha value is -1.43. The smallest absolute Gasteiger partial charge is 0.259 e. The van der Waals surface area contributed by atoms with Gasteiger partial charge in [-0.1, -0.05) is 0 Å². The highest BCUT2D eigenvalue weighted by molar-refractivity contribution is 7.17. The van der Waals surface area contributed by atoms with E-state index in [4.69, 9.17) is 0 Å². The standard InChI is InChI=1S/C15H16N2OS2/c18-15-13-4-10-20-14(13)2-7-17(15)8-6-16-5-1-12-3-9-19-11-12/h2-4,7,9-11,16H,1,5-6,8H2. The van der Waals surface area contributed by atoms with Crippen LogP contribution in [0.15, 0.2) is 45.3 Å². The lowest BCUT2D eigenvalue weighted by molar-refractivity contribution is 0.589. The molecular weight excluding hydrogens is 288 g/mol. The van der Waals surface area contributed by atoms with Gasteiger partial charge in [0.1, 0.15) is 0 Å². The summed E-state index contributed by atoms with van der Waals surface area (Å²) >= 11 is 3.34. The molecule has 3 nitrogen and oxygen atoms in total. The monoisotopic (exact) mass is 304 g/mol. The first-order valence-electron chi connectivity index (χ1n) is 6.63. The van der Waals surface area contributed by atoms with Crippen molar-refractivity contribution in [3.05, 3.63) is 56.5 Å². The second-order valence-electron chi connectivity index (χ2n) is 4.64. The molecule has 20 heavy (non-hydrogen) atoms. The van der Waals surface area contributed by atoms with Crippen LogP contribution in [0, 0.1) is 0 Å². The zero-order valence-electron chi connectivity index (χ0n) is 11.0. The zero-order valence-corrected chi connectivity index (χ0v) is 12.7. The summed E-state index contributed by atoms with van der Waals surface area (Å²) in [5.41, 5.74) is 1.49. The van der Waals surface area contributed by atoms with Crippen LogP contribution in [0.2, 0.25) is 0 Å². The van der Waals surface area contributed by atoms with Gasteiger partial charge in [-0.2, -0.15) is 11.3 Å². The molecule has 104 valence electrons. The van der Waals surface area contributed by atoms with E-state index in [1.165, 1.54) is 5.56 Å². The zero-order chi connectivity index (χ0) is 13.8. The summed E-state index contributed by atoms with van der Waals surface area (Å²) in [4.78, 5) is 12.2. The lowest BCUT2D eigenvalue weighted by Gasteiger charge is -2.07. The highest BCUT2D eigenvalue weighted by Crippen LogP contribution is 2.15. The summed E-state index contributed by atoms with van der Waals surface area (Å²) in [6.45, 7) is 2.49. The van der Waals surface area contributed by atoms with Gasteiger partial charge in [0.05, 0.1) is 5.39 Å². The summed E-state index contributed by atoms with van der Waals surface area (Å²) in [5.74, 6) is 0. The van der Waals surface area contributed by atoms with Crippen LogP contribution in [-0.4, -0.2) is 17.7 Å². The van der Waals surface area contributed by atoms with Gasteiger partial charge < -0.3 is 9.88 Å². The van der Waals surface area contributed by atoms with Crippen molar-refractivity contribution in [2.75, 3.05) is 13.1 Å². The molecule has 3 aromatic heterocycles. The molecule has 0 saturated carbocycles. The Bertz CT molecular complexity index is 728. The van der Waals surface area contributed by atoms with Crippen LogP contribution < -0.4 is 10.9 Å². The molecule has 0 radical (unpaired) electrons. The van der Waals surface area contributed by atoms with Crippen LogP contribution in [0.4, 0.5) is 0 Å². The number of aromatic nitrogens is 1. The van der Waals surface area contributed by atoms with Gasteiger partial charge in [-0.05, 0) is 52.9 Å². The van der Waals surface area contributed by atoms with Gasteiger partial charge >= 0.3 is 0 Å². The van der Waals surface area contributed by atoms with Crippen molar-refractivity contribution < 1.29 is 0 Å². The number of nitrogens with one attached hydrogen (secondary N) is 1. The van der Waals surface area contributed by atoms with E-state index in [-0.39, 0.29) is 5.56 Å². The molecule has 0 aliphatic heterocycles. The van der Waals surface area contributed by atoms with Gasteiger partial charge in [0, 0.05) is 24.0 Å². The Morgan fingerprint density at radius 3 is 2.95 bits per heavy atom. The maximum Gasteiger partial charge on any atom is 0.259 e. The molecule has 3 rings (SSSR count). The maximum absolute atomic E-state index is 12.2. The second-order valence-corrected chi connectivity index (χ2v) is 6.37. The number of hydrogen-bond donors (Lipinski definition) is 1. The third-order valence-electron chi connectivity index (χ3n) is 3.29. The number of pyridine rings is 1. The number of hydrogen-bond acceptors (Lipinski definition) is 4. The third kappa shape index (κ3) is 3.00. The van der Waals surface area contributed by atoms with E-state index < -0.39 is 0 Å². The summed E-state index contributed by atoms with van der Waals surface area (Å²) in [7, 11) is 0.